The van der Waals surface area contributed by atoms with Crippen LogP contribution in [-0.4, -0.2) is 28.5 Å². The Bertz CT molecular complexity index is 1040. The number of carbonyl (C=O) groups is 1. The Balaban J connectivity index is 1.78. The van der Waals surface area contributed by atoms with Crippen molar-refractivity contribution < 1.29 is 14.3 Å². The van der Waals surface area contributed by atoms with E-state index in [2.05, 4.69) is 5.10 Å². The van der Waals surface area contributed by atoms with Crippen molar-refractivity contribution in [2.24, 2.45) is 0 Å². The minimum absolute atomic E-state index is 0.452. The largest absolute Gasteiger partial charge is 0.489 e. The maximum Gasteiger partial charge on any atom is 0.415 e. The monoisotopic (exact) mass is 441 g/mol. The summed E-state index contributed by atoms with van der Waals surface area (Å²) in [6.45, 7) is 8.35. The topological polar surface area (TPSA) is 56.6 Å². The SMILES string of the molecule is Cc1cc(N(C)C(=O)OC(C)(C)C)nn1Cc1cc(Cl)ccc1OCc1ccccc1. The first-order chi connectivity index (χ1) is 14.6. The first-order valence-electron chi connectivity index (χ1n) is 10.1. The van der Waals surface area contributed by atoms with E-state index in [1.54, 1.807) is 7.05 Å². The molecule has 6 nitrogen and oxygen atoms in total. The summed E-state index contributed by atoms with van der Waals surface area (Å²) in [7, 11) is 1.65. The molecule has 0 radical (unpaired) electrons. The van der Waals surface area contributed by atoms with E-state index in [9.17, 15) is 4.79 Å². The van der Waals surface area contributed by atoms with Gasteiger partial charge in [-0.2, -0.15) is 5.10 Å². The van der Waals surface area contributed by atoms with Gasteiger partial charge in [0.2, 0.25) is 0 Å². The molecule has 31 heavy (non-hydrogen) atoms. The van der Waals surface area contributed by atoms with Crippen LogP contribution in [0, 0.1) is 6.92 Å². The van der Waals surface area contributed by atoms with Gasteiger partial charge in [0.1, 0.15) is 18.0 Å². The van der Waals surface area contributed by atoms with Crippen LogP contribution in [0.1, 0.15) is 37.6 Å². The number of aromatic nitrogens is 2. The number of benzene rings is 2. The van der Waals surface area contributed by atoms with Crippen molar-refractivity contribution in [3.63, 3.8) is 0 Å². The van der Waals surface area contributed by atoms with Gasteiger partial charge in [-0.25, -0.2) is 4.79 Å². The number of amides is 1. The standard InChI is InChI=1S/C24H28ClN3O3/c1-17-13-22(27(5)23(29)31-24(2,3)4)26-28(17)15-19-14-20(25)11-12-21(19)30-16-18-9-7-6-8-10-18/h6-14H,15-16H2,1-5H3. The Hall–Kier alpha value is -2.99. The van der Waals surface area contributed by atoms with Gasteiger partial charge in [0.25, 0.3) is 0 Å². The van der Waals surface area contributed by atoms with Gasteiger partial charge in [-0.3, -0.25) is 9.58 Å². The van der Waals surface area contributed by atoms with Gasteiger partial charge in [-0.05, 0) is 51.5 Å². The molecule has 0 aliphatic carbocycles. The Morgan fingerprint density at radius 2 is 1.84 bits per heavy atom. The number of halogens is 1. The highest BCUT2D eigenvalue weighted by atomic mass is 35.5. The molecule has 0 fully saturated rings. The van der Waals surface area contributed by atoms with E-state index in [0.29, 0.717) is 24.0 Å². The minimum atomic E-state index is -0.575. The van der Waals surface area contributed by atoms with E-state index < -0.39 is 11.7 Å². The second-order valence-electron chi connectivity index (χ2n) is 8.37. The molecule has 3 rings (SSSR count). The van der Waals surface area contributed by atoms with E-state index in [1.165, 1.54) is 4.90 Å². The fraction of sp³-hybridized carbons (Fsp3) is 0.333. The summed E-state index contributed by atoms with van der Waals surface area (Å²) in [5.41, 5.74) is 2.31. The van der Waals surface area contributed by atoms with Crippen molar-refractivity contribution >= 4 is 23.5 Å². The van der Waals surface area contributed by atoms with E-state index in [0.717, 1.165) is 22.6 Å². The zero-order valence-electron chi connectivity index (χ0n) is 18.6. The molecule has 3 aromatic rings. The summed E-state index contributed by atoms with van der Waals surface area (Å²) in [6, 6.07) is 17.4. The molecule has 0 saturated heterocycles. The van der Waals surface area contributed by atoms with Crippen LogP contribution in [0.4, 0.5) is 10.6 Å². The highest BCUT2D eigenvalue weighted by molar-refractivity contribution is 6.30. The van der Waals surface area contributed by atoms with Gasteiger partial charge < -0.3 is 9.47 Å². The predicted octanol–water partition coefficient (Wildman–Crippen LogP) is 5.84. The highest BCUT2D eigenvalue weighted by Crippen LogP contribution is 2.26. The molecule has 1 heterocycles. The number of ether oxygens (including phenoxy) is 2. The van der Waals surface area contributed by atoms with Crippen molar-refractivity contribution in [1.29, 1.82) is 0 Å². The molecule has 0 bridgehead atoms. The van der Waals surface area contributed by atoms with Crippen LogP contribution in [0.5, 0.6) is 5.75 Å². The maximum absolute atomic E-state index is 12.4. The number of anilines is 1. The number of aryl methyl sites for hydroxylation is 1. The Labute approximate surface area is 188 Å². The molecule has 2 aromatic carbocycles. The fourth-order valence-electron chi connectivity index (χ4n) is 2.95. The molecule has 0 atom stereocenters. The predicted molar refractivity (Wildman–Crippen MR) is 123 cm³/mol. The molecule has 164 valence electrons. The number of hydrogen-bond acceptors (Lipinski definition) is 4. The molecule has 0 unspecified atom stereocenters. The molecular formula is C24H28ClN3O3. The normalized spacial score (nSPS) is 11.3. The van der Waals surface area contributed by atoms with Gasteiger partial charge in [0, 0.05) is 29.4 Å². The van der Waals surface area contributed by atoms with Crippen LogP contribution in [0.25, 0.3) is 0 Å². The summed E-state index contributed by atoms with van der Waals surface area (Å²) in [5.74, 6) is 1.26. The lowest BCUT2D eigenvalue weighted by atomic mass is 10.2. The third-order valence-corrected chi connectivity index (χ3v) is 4.79. The van der Waals surface area contributed by atoms with Gasteiger partial charge in [0.05, 0.1) is 6.54 Å². The Kier molecular flexibility index (Phi) is 6.91. The summed E-state index contributed by atoms with van der Waals surface area (Å²) in [6.07, 6.45) is -0.452. The Morgan fingerprint density at radius 1 is 1.13 bits per heavy atom. The quantitative estimate of drug-likeness (QED) is 0.482. The summed E-state index contributed by atoms with van der Waals surface area (Å²) in [4.78, 5) is 13.8. The first-order valence-corrected chi connectivity index (χ1v) is 10.5. The lowest BCUT2D eigenvalue weighted by Crippen LogP contribution is -2.34. The van der Waals surface area contributed by atoms with Crippen LogP contribution in [0.3, 0.4) is 0 Å². The number of carbonyl (C=O) groups excluding carboxylic acids is 1. The van der Waals surface area contributed by atoms with Crippen LogP contribution in [-0.2, 0) is 17.9 Å². The average Bonchev–Trinajstić information content (AvgIpc) is 3.06. The summed E-state index contributed by atoms with van der Waals surface area (Å²) in [5, 5.41) is 5.21. The lowest BCUT2D eigenvalue weighted by Gasteiger charge is -2.23. The van der Waals surface area contributed by atoms with Crippen molar-refractivity contribution in [3.8, 4) is 5.75 Å². The molecule has 1 amide bonds. The van der Waals surface area contributed by atoms with E-state index in [1.807, 2.05) is 87.0 Å². The van der Waals surface area contributed by atoms with Crippen molar-refractivity contribution in [2.75, 3.05) is 11.9 Å². The van der Waals surface area contributed by atoms with Gasteiger partial charge >= 0.3 is 6.09 Å². The van der Waals surface area contributed by atoms with Crippen molar-refractivity contribution in [1.82, 2.24) is 9.78 Å². The fourth-order valence-corrected chi connectivity index (χ4v) is 3.14. The molecule has 0 aliphatic rings. The molecule has 7 heteroatoms. The molecular weight excluding hydrogens is 414 g/mol. The minimum Gasteiger partial charge on any atom is -0.489 e. The number of nitrogens with zero attached hydrogens (tertiary/aromatic N) is 3. The summed E-state index contributed by atoms with van der Waals surface area (Å²) < 4.78 is 13.3. The molecule has 0 spiro atoms. The van der Waals surface area contributed by atoms with E-state index in [-0.39, 0.29) is 0 Å². The van der Waals surface area contributed by atoms with Crippen LogP contribution in [0.2, 0.25) is 5.02 Å². The van der Waals surface area contributed by atoms with Crippen molar-refractivity contribution in [3.05, 3.63) is 76.4 Å². The average molecular weight is 442 g/mol. The van der Waals surface area contributed by atoms with Crippen molar-refractivity contribution in [2.45, 2.75) is 46.4 Å². The van der Waals surface area contributed by atoms with Crippen LogP contribution < -0.4 is 9.64 Å². The van der Waals surface area contributed by atoms with Crippen LogP contribution in [0.15, 0.2) is 54.6 Å². The number of rotatable bonds is 6. The first kappa shape index (κ1) is 22.7. The number of hydrogen-bond donors (Lipinski definition) is 0. The zero-order valence-corrected chi connectivity index (χ0v) is 19.3. The maximum atomic E-state index is 12.4. The van der Waals surface area contributed by atoms with Gasteiger partial charge in [-0.15, -0.1) is 0 Å². The third-order valence-electron chi connectivity index (χ3n) is 4.56. The third kappa shape index (κ3) is 6.25. The second kappa shape index (κ2) is 9.43. The Morgan fingerprint density at radius 3 is 2.52 bits per heavy atom. The van der Waals surface area contributed by atoms with E-state index in [4.69, 9.17) is 21.1 Å². The van der Waals surface area contributed by atoms with Gasteiger partial charge in [0.15, 0.2) is 5.82 Å². The van der Waals surface area contributed by atoms with E-state index >= 15 is 0 Å². The molecule has 1 aromatic heterocycles. The highest BCUT2D eigenvalue weighted by Gasteiger charge is 2.22. The van der Waals surface area contributed by atoms with Crippen LogP contribution >= 0.6 is 11.6 Å². The molecule has 0 saturated carbocycles. The molecule has 0 N–H and O–H groups in total. The second-order valence-corrected chi connectivity index (χ2v) is 8.80. The van der Waals surface area contributed by atoms with Gasteiger partial charge in [-0.1, -0.05) is 41.9 Å². The zero-order chi connectivity index (χ0) is 22.6. The lowest BCUT2D eigenvalue weighted by molar-refractivity contribution is 0.0588. The smallest absolute Gasteiger partial charge is 0.415 e. The summed E-state index contributed by atoms with van der Waals surface area (Å²) >= 11 is 6.24. The molecule has 0 aliphatic heterocycles.